The van der Waals surface area contributed by atoms with Gasteiger partial charge < -0.3 is 19.3 Å². The Bertz CT molecular complexity index is 719. The quantitative estimate of drug-likeness (QED) is 0.855. The smallest absolute Gasteiger partial charge is 0.411 e. The Kier molecular flexibility index (Phi) is 5.39. The highest BCUT2D eigenvalue weighted by molar-refractivity contribution is 5.86. The third kappa shape index (κ3) is 3.65. The Morgan fingerprint density at radius 1 is 1.29 bits per heavy atom. The number of methoxy groups -OCH3 is 1. The summed E-state index contributed by atoms with van der Waals surface area (Å²) < 4.78 is 10.1. The fraction of sp³-hybridized carbons (Fsp3) is 0.650. The van der Waals surface area contributed by atoms with Crippen molar-refractivity contribution >= 4 is 23.5 Å². The van der Waals surface area contributed by atoms with Gasteiger partial charge in [-0.3, -0.25) is 10.1 Å². The molecule has 0 aliphatic carbocycles. The Labute approximate surface area is 165 Å². The zero-order valence-corrected chi connectivity index (χ0v) is 16.4. The fourth-order valence-electron chi connectivity index (χ4n) is 4.71. The van der Waals surface area contributed by atoms with E-state index in [1.54, 1.807) is 6.20 Å². The predicted octanol–water partition coefficient (Wildman–Crippen LogP) is 2.26. The molecule has 0 radical (unpaired) electrons. The molecule has 3 aliphatic rings. The molecule has 0 unspecified atom stereocenters. The second kappa shape index (κ2) is 7.95. The number of hydrogen-bond donors (Lipinski definition) is 1. The molecule has 1 spiro atoms. The second-order valence-electron chi connectivity index (χ2n) is 7.92. The molecule has 8 heteroatoms. The van der Waals surface area contributed by atoms with Gasteiger partial charge in [-0.05, 0) is 44.2 Å². The van der Waals surface area contributed by atoms with Crippen molar-refractivity contribution in [3.05, 3.63) is 18.3 Å². The van der Waals surface area contributed by atoms with Gasteiger partial charge in [-0.15, -0.1) is 0 Å². The van der Waals surface area contributed by atoms with Crippen LogP contribution in [0.4, 0.5) is 16.3 Å². The van der Waals surface area contributed by atoms with E-state index in [-0.39, 0.29) is 5.41 Å². The summed E-state index contributed by atoms with van der Waals surface area (Å²) >= 11 is 0. The Balaban J connectivity index is 1.44. The average Bonchev–Trinajstić information content (AvgIpc) is 3.04. The third-order valence-electron chi connectivity index (χ3n) is 6.26. The highest BCUT2D eigenvalue weighted by Gasteiger charge is 2.50. The number of carbonyl (C=O) groups excluding carboxylic acids is 2. The van der Waals surface area contributed by atoms with Gasteiger partial charge in [0.25, 0.3) is 0 Å². The van der Waals surface area contributed by atoms with Crippen LogP contribution in [0.25, 0.3) is 0 Å². The van der Waals surface area contributed by atoms with Crippen molar-refractivity contribution in [3.8, 4) is 0 Å². The molecular formula is C20H28N4O4. The van der Waals surface area contributed by atoms with Crippen LogP contribution in [-0.4, -0.2) is 67.9 Å². The van der Waals surface area contributed by atoms with Crippen molar-refractivity contribution in [2.45, 2.75) is 38.1 Å². The number of hydrogen-bond acceptors (Lipinski definition) is 6. The molecule has 3 fully saturated rings. The molecule has 1 atom stereocenters. The maximum Gasteiger partial charge on any atom is 0.411 e. The summed E-state index contributed by atoms with van der Waals surface area (Å²) in [5.41, 5.74) is 0.297. The fourth-order valence-corrected chi connectivity index (χ4v) is 4.71. The SMILES string of the molecule is COC(=O)Nc1ccc(N2CCC[C@@]3(CCN(C4CCOCC4)C3=O)C2)nc1. The molecule has 1 N–H and O–H groups in total. The lowest BCUT2D eigenvalue weighted by atomic mass is 9.78. The van der Waals surface area contributed by atoms with Crippen LogP contribution in [0.1, 0.15) is 32.1 Å². The lowest BCUT2D eigenvalue weighted by molar-refractivity contribution is -0.139. The summed E-state index contributed by atoms with van der Waals surface area (Å²) in [6.07, 6.45) is 5.85. The number of anilines is 2. The molecule has 0 bridgehead atoms. The van der Waals surface area contributed by atoms with E-state index < -0.39 is 6.09 Å². The molecule has 0 aromatic carbocycles. The van der Waals surface area contributed by atoms with E-state index in [0.717, 1.165) is 64.2 Å². The zero-order chi connectivity index (χ0) is 19.6. The number of carbonyl (C=O) groups is 2. The maximum absolute atomic E-state index is 13.3. The van der Waals surface area contributed by atoms with Gasteiger partial charge in [0.2, 0.25) is 5.91 Å². The van der Waals surface area contributed by atoms with Crippen LogP contribution in [0.3, 0.4) is 0 Å². The molecule has 3 aliphatic heterocycles. The van der Waals surface area contributed by atoms with Gasteiger partial charge in [0.05, 0.1) is 24.4 Å². The van der Waals surface area contributed by atoms with Crippen LogP contribution in [0.15, 0.2) is 18.3 Å². The first-order chi connectivity index (χ1) is 13.6. The average molecular weight is 388 g/mol. The summed E-state index contributed by atoms with van der Waals surface area (Å²) in [6, 6.07) is 4.03. The molecule has 1 aromatic rings. The lowest BCUT2D eigenvalue weighted by Crippen LogP contribution is -2.50. The summed E-state index contributed by atoms with van der Waals surface area (Å²) in [7, 11) is 1.33. The Morgan fingerprint density at radius 2 is 2.11 bits per heavy atom. The van der Waals surface area contributed by atoms with E-state index in [4.69, 9.17) is 4.74 Å². The minimum Gasteiger partial charge on any atom is -0.453 e. The van der Waals surface area contributed by atoms with Crippen LogP contribution >= 0.6 is 0 Å². The third-order valence-corrected chi connectivity index (χ3v) is 6.26. The first-order valence-corrected chi connectivity index (χ1v) is 10.1. The van der Waals surface area contributed by atoms with Crippen molar-refractivity contribution in [2.75, 3.05) is 50.2 Å². The monoisotopic (exact) mass is 388 g/mol. The zero-order valence-electron chi connectivity index (χ0n) is 16.4. The van der Waals surface area contributed by atoms with Gasteiger partial charge in [0.1, 0.15) is 5.82 Å². The maximum atomic E-state index is 13.3. The van der Waals surface area contributed by atoms with Crippen LogP contribution in [0, 0.1) is 5.41 Å². The number of piperidine rings is 1. The van der Waals surface area contributed by atoms with Crippen LogP contribution in [0.2, 0.25) is 0 Å². The molecular weight excluding hydrogens is 360 g/mol. The summed E-state index contributed by atoms with van der Waals surface area (Å²) in [4.78, 5) is 33.5. The van der Waals surface area contributed by atoms with Gasteiger partial charge in [0, 0.05) is 38.9 Å². The number of amides is 2. The standard InChI is InChI=1S/C20H28N4O4/c1-27-19(26)22-15-3-4-17(21-13-15)23-9-2-7-20(14-23)8-10-24(18(20)25)16-5-11-28-12-6-16/h3-4,13,16H,2,5-12,14H2,1H3,(H,22,26)/t20-/m1/s1. The van der Waals surface area contributed by atoms with Gasteiger partial charge in [-0.1, -0.05) is 0 Å². The first kappa shape index (κ1) is 19.0. The van der Waals surface area contributed by atoms with Crippen molar-refractivity contribution in [1.82, 2.24) is 9.88 Å². The Morgan fingerprint density at radius 3 is 2.82 bits per heavy atom. The molecule has 152 valence electrons. The van der Waals surface area contributed by atoms with Crippen LogP contribution in [0.5, 0.6) is 0 Å². The van der Waals surface area contributed by atoms with E-state index in [1.165, 1.54) is 7.11 Å². The molecule has 3 saturated heterocycles. The number of nitrogens with zero attached hydrogens (tertiary/aromatic N) is 3. The number of nitrogens with one attached hydrogen (secondary N) is 1. The second-order valence-corrected chi connectivity index (χ2v) is 7.92. The van der Waals surface area contributed by atoms with E-state index in [2.05, 4.69) is 24.8 Å². The normalized spacial score (nSPS) is 26.0. The minimum atomic E-state index is -0.517. The summed E-state index contributed by atoms with van der Waals surface area (Å²) in [6.45, 7) is 3.96. The highest BCUT2D eigenvalue weighted by Crippen LogP contribution is 2.42. The van der Waals surface area contributed by atoms with Gasteiger partial charge in [-0.2, -0.15) is 0 Å². The summed E-state index contributed by atoms with van der Waals surface area (Å²) in [5.74, 6) is 1.15. The van der Waals surface area contributed by atoms with E-state index in [1.807, 2.05) is 12.1 Å². The van der Waals surface area contributed by atoms with Crippen molar-refractivity contribution in [3.63, 3.8) is 0 Å². The van der Waals surface area contributed by atoms with E-state index >= 15 is 0 Å². The molecule has 4 heterocycles. The lowest BCUT2D eigenvalue weighted by Gasteiger charge is -2.40. The number of likely N-dealkylation sites (tertiary alicyclic amines) is 1. The molecule has 1 aromatic heterocycles. The van der Waals surface area contributed by atoms with Gasteiger partial charge in [-0.25, -0.2) is 9.78 Å². The van der Waals surface area contributed by atoms with Crippen LogP contribution in [-0.2, 0) is 14.3 Å². The molecule has 0 saturated carbocycles. The van der Waals surface area contributed by atoms with E-state index in [9.17, 15) is 9.59 Å². The summed E-state index contributed by atoms with van der Waals surface area (Å²) in [5, 5.41) is 2.61. The van der Waals surface area contributed by atoms with Crippen molar-refractivity contribution in [1.29, 1.82) is 0 Å². The van der Waals surface area contributed by atoms with Crippen molar-refractivity contribution in [2.24, 2.45) is 5.41 Å². The number of ether oxygens (including phenoxy) is 2. The molecule has 8 nitrogen and oxygen atoms in total. The molecule has 2 amide bonds. The number of aromatic nitrogens is 1. The Hall–Kier alpha value is -2.35. The van der Waals surface area contributed by atoms with Crippen molar-refractivity contribution < 1.29 is 19.1 Å². The van der Waals surface area contributed by atoms with Gasteiger partial charge >= 0.3 is 6.09 Å². The topological polar surface area (TPSA) is 84.0 Å². The number of rotatable bonds is 3. The molecule has 28 heavy (non-hydrogen) atoms. The largest absolute Gasteiger partial charge is 0.453 e. The van der Waals surface area contributed by atoms with E-state index in [0.29, 0.717) is 24.2 Å². The first-order valence-electron chi connectivity index (χ1n) is 10.1. The minimum absolute atomic E-state index is 0.291. The number of pyridine rings is 1. The molecule has 4 rings (SSSR count). The van der Waals surface area contributed by atoms with Crippen LogP contribution < -0.4 is 10.2 Å². The highest BCUT2D eigenvalue weighted by atomic mass is 16.5. The van der Waals surface area contributed by atoms with Gasteiger partial charge in [0.15, 0.2) is 0 Å². The predicted molar refractivity (Wildman–Crippen MR) is 104 cm³/mol.